The maximum absolute atomic E-state index is 12.9. The number of piperazine rings is 1. The van der Waals surface area contributed by atoms with Crippen LogP contribution >= 0.6 is 0 Å². The van der Waals surface area contributed by atoms with Crippen molar-refractivity contribution >= 4 is 0 Å². The molecule has 0 aromatic carbocycles. The molecule has 0 unspecified atom stereocenters. The number of rotatable bonds is 1. The van der Waals surface area contributed by atoms with Gasteiger partial charge in [0.15, 0.2) is 6.80 Å². The van der Waals surface area contributed by atoms with Crippen LogP contribution in [0, 0.1) is 0 Å². The van der Waals surface area contributed by atoms with Gasteiger partial charge in [-0.1, -0.05) is 4.90 Å². The van der Waals surface area contributed by atoms with Crippen molar-refractivity contribution in [1.29, 1.82) is 0 Å². The number of hydrogen-bond acceptors (Lipinski definition) is 2. The van der Waals surface area contributed by atoms with Crippen LogP contribution in [-0.4, -0.2) is 47.1 Å². The molecule has 0 bridgehead atoms. The molecule has 1 rings (SSSR count). The standard InChI is InChI=1S/C6H2F12N2/c7-1-19-2(8,9)4(12,13)20(6(16,17)18)5(14,15)3(19,10)11/h1H2. The molecule has 0 atom stereocenters. The third-order valence-electron chi connectivity index (χ3n) is 2.34. The Balaban J connectivity index is 3.63. The first-order valence-electron chi connectivity index (χ1n) is 4.28. The highest BCUT2D eigenvalue weighted by atomic mass is 19.4. The quantitative estimate of drug-likeness (QED) is 0.537. The van der Waals surface area contributed by atoms with Crippen molar-refractivity contribution in [3.8, 4) is 0 Å². The van der Waals surface area contributed by atoms with E-state index >= 15 is 0 Å². The summed E-state index contributed by atoms with van der Waals surface area (Å²) in [5, 5.41) is 0. The summed E-state index contributed by atoms with van der Waals surface area (Å²) in [6.07, 6.45) is -6.94. The zero-order valence-corrected chi connectivity index (χ0v) is 8.64. The zero-order valence-electron chi connectivity index (χ0n) is 8.64. The maximum atomic E-state index is 12.9. The Morgan fingerprint density at radius 1 is 0.650 bits per heavy atom. The first-order chi connectivity index (χ1) is 8.56. The van der Waals surface area contributed by atoms with E-state index in [1.165, 1.54) is 0 Å². The summed E-state index contributed by atoms with van der Waals surface area (Å²) in [4.78, 5) is -6.22. The molecule has 20 heavy (non-hydrogen) atoms. The van der Waals surface area contributed by atoms with Crippen LogP contribution in [-0.2, 0) is 0 Å². The summed E-state index contributed by atoms with van der Waals surface area (Å²) in [6, 6.07) is -26.7. The van der Waals surface area contributed by atoms with Crippen LogP contribution < -0.4 is 0 Å². The Morgan fingerprint density at radius 3 is 1.15 bits per heavy atom. The third kappa shape index (κ3) is 1.83. The van der Waals surface area contributed by atoms with Gasteiger partial charge in [0.1, 0.15) is 0 Å². The molecular weight excluding hydrogens is 328 g/mol. The van der Waals surface area contributed by atoms with E-state index in [2.05, 4.69) is 0 Å². The molecule has 1 saturated heterocycles. The summed E-state index contributed by atoms with van der Waals surface area (Å²) in [5.41, 5.74) is 0. The predicted octanol–water partition coefficient (Wildman–Crippen LogP) is 3.42. The predicted molar refractivity (Wildman–Crippen MR) is 35.5 cm³/mol. The molecule has 0 saturated carbocycles. The van der Waals surface area contributed by atoms with Crippen LogP contribution in [0.4, 0.5) is 52.7 Å². The van der Waals surface area contributed by atoms with Gasteiger partial charge in [-0.15, -0.1) is 4.90 Å². The number of alkyl halides is 12. The number of halogens is 12. The van der Waals surface area contributed by atoms with Crippen molar-refractivity contribution in [2.45, 2.75) is 30.5 Å². The average Bonchev–Trinajstić information content (AvgIpc) is 2.11. The molecule has 0 spiro atoms. The van der Waals surface area contributed by atoms with Crippen molar-refractivity contribution in [2.75, 3.05) is 6.80 Å². The van der Waals surface area contributed by atoms with Crippen molar-refractivity contribution in [3.63, 3.8) is 0 Å². The van der Waals surface area contributed by atoms with Crippen molar-refractivity contribution in [2.24, 2.45) is 0 Å². The van der Waals surface area contributed by atoms with E-state index in [1.807, 2.05) is 0 Å². The zero-order chi connectivity index (χ0) is 16.4. The largest absolute Gasteiger partial charge is 0.469 e. The monoisotopic (exact) mass is 330 g/mol. The Labute approximate surface area is 101 Å². The van der Waals surface area contributed by atoms with E-state index in [-0.39, 0.29) is 0 Å². The van der Waals surface area contributed by atoms with Gasteiger partial charge in [-0.2, -0.15) is 48.3 Å². The van der Waals surface area contributed by atoms with Crippen LogP contribution in [0.15, 0.2) is 0 Å². The first-order valence-corrected chi connectivity index (χ1v) is 4.28. The summed E-state index contributed by atoms with van der Waals surface area (Å²) in [6.45, 7) is -3.24. The molecule has 0 aromatic rings. The molecule has 1 fully saturated rings. The van der Waals surface area contributed by atoms with E-state index in [9.17, 15) is 52.7 Å². The molecule has 14 heteroatoms. The van der Waals surface area contributed by atoms with Gasteiger partial charge in [0.25, 0.3) is 0 Å². The van der Waals surface area contributed by atoms with Crippen molar-refractivity contribution in [1.82, 2.24) is 9.80 Å². The van der Waals surface area contributed by atoms with Crippen LogP contribution in [0.2, 0.25) is 0 Å². The Bertz CT molecular complexity index is 358. The molecule has 1 heterocycles. The number of hydrogen-bond donors (Lipinski definition) is 0. The van der Waals surface area contributed by atoms with Gasteiger partial charge in [0.2, 0.25) is 0 Å². The summed E-state index contributed by atoms with van der Waals surface area (Å²) < 4.78 is 151. The maximum Gasteiger partial charge on any atom is 0.469 e. The molecule has 1 aliphatic rings. The highest BCUT2D eigenvalue weighted by Crippen LogP contribution is 2.60. The lowest BCUT2D eigenvalue weighted by Gasteiger charge is -2.52. The second-order valence-corrected chi connectivity index (χ2v) is 3.52. The van der Waals surface area contributed by atoms with Crippen molar-refractivity contribution in [3.05, 3.63) is 0 Å². The Morgan fingerprint density at radius 2 is 0.950 bits per heavy atom. The summed E-state index contributed by atoms with van der Waals surface area (Å²) in [7, 11) is 0. The van der Waals surface area contributed by atoms with E-state index in [4.69, 9.17) is 0 Å². The molecule has 1 aliphatic heterocycles. The molecule has 0 radical (unpaired) electrons. The van der Waals surface area contributed by atoms with Gasteiger partial charge in [-0.05, 0) is 0 Å². The Kier molecular flexibility index (Phi) is 3.47. The molecule has 2 nitrogen and oxygen atoms in total. The Hall–Kier alpha value is -0.920. The molecule has 0 aromatic heterocycles. The number of nitrogens with zero attached hydrogens (tertiary/aromatic N) is 2. The molecule has 0 N–H and O–H groups in total. The minimum atomic E-state index is -6.94. The van der Waals surface area contributed by atoms with Crippen LogP contribution in [0.25, 0.3) is 0 Å². The van der Waals surface area contributed by atoms with Gasteiger partial charge in [-0.3, -0.25) is 0 Å². The fourth-order valence-electron chi connectivity index (χ4n) is 1.42. The van der Waals surface area contributed by atoms with E-state index in [1.54, 1.807) is 0 Å². The van der Waals surface area contributed by atoms with Gasteiger partial charge in [-0.25, -0.2) is 4.39 Å². The van der Waals surface area contributed by atoms with E-state index < -0.39 is 47.1 Å². The molecule has 120 valence electrons. The first kappa shape index (κ1) is 17.1. The minimum absolute atomic E-state index is 2.64. The second kappa shape index (κ2) is 4.05. The lowest BCUT2D eigenvalue weighted by molar-refractivity contribution is -0.552. The normalized spacial score (nSPS) is 29.4. The van der Waals surface area contributed by atoms with Gasteiger partial charge in [0.05, 0.1) is 0 Å². The fourth-order valence-corrected chi connectivity index (χ4v) is 1.42. The molecular formula is C6H2F12N2. The summed E-state index contributed by atoms with van der Waals surface area (Å²) in [5.74, 6) is 0. The fraction of sp³-hybridized carbons (Fsp3) is 1.00. The topological polar surface area (TPSA) is 6.48 Å². The van der Waals surface area contributed by atoms with Crippen LogP contribution in [0.1, 0.15) is 0 Å². The second-order valence-electron chi connectivity index (χ2n) is 3.52. The third-order valence-corrected chi connectivity index (χ3v) is 2.34. The lowest BCUT2D eigenvalue weighted by atomic mass is 10.2. The van der Waals surface area contributed by atoms with E-state index in [0.29, 0.717) is 0 Å². The minimum Gasteiger partial charge on any atom is -0.233 e. The van der Waals surface area contributed by atoms with Crippen LogP contribution in [0.3, 0.4) is 0 Å². The lowest BCUT2D eigenvalue weighted by Crippen LogP contribution is -2.82. The smallest absolute Gasteiger partial charge is 0.233 e. The summed E-state index contributed by atoms with van der Waals surface area (Å²) >= 11 is 0. The van der Waals surface area contributed by atoms with Crippen LogP contribution in [0.5, 0.6) is 0 Å². The van der Waals surface area contributed by atoms with E-state index in [0.717, 1.165) is 0 Å². The average molecular weight is 330 g/mol. The SMILES string of the molecule is FCN1C(F)(F)C(F)(F)N(C(F)(F)F)C(F)(F)C1(F)F. The molecule has 0 aliphatic carbocycles. The molecule has 0 amide bonds. The van der Waals surface area contributed by atoms with Crippen molar-refractivity contribution < 1.29 is 52.7 Å². The highest BCUT2D eigenvalue weighted by Gasteiger charge is 2.89. The van der Waals surface area contributed by atoms with Gasteiger partial charge in [0, 0.05) is 0 Å². The highest BCUT2D eigenvalue weighted by molar-refractivity contribution is 5.02. The van der Waals surface area contributed by atoms with Gasteiger partial charge < -0.3 is 0 Å². The van der Waals surface area contributed by atoms with Gasteiger partial charge >= 0.3 is 30.5 Å².